The molecule has 3 nitrogen and oxygen atoms in total. The van der Waals surface area contributed by atoms with Crippen molar-refractivity contribution in [2.45, 2.75) is 32.6 Å². The van der Waals surface area contributed by atoms with Crippen molar-refractivity contribution in [2.24, 2.45) is 0 Å². The van der Waals surface area contributed by atoms with E-state index in [1.54, 1.807) is 0 Å². The zero-order valence-electron chi connectivity index (χ0n) is 14.5. The molecule has 1 N–H and O–H groups in total. The minimum Gasteiger partial charge on any atom is -0.374 e. The van der Waals surface area contributed by atoms with E-state index in [9.17, 15) is 4.79 Å². The molecular weight excluding hydrogens is 284 g/mol. The molecule has 2 rings (SSSR count). The molecule has 0 aromatic heterocycles. The summed E-state index contributed by atoms with van der Waals surface area (Å²) >= 11 is 0. The number of para-hydroxylation sites is 2. The first kappa shape index (κ1) is 17.1. The molecule has 0 unspecified atom stereocenters. The van der Waals surface area contributed by atoms with Gasteiger partial charge in [-0.15, -0.1) is 0 Å². The molecule has 0 saturated carbocycles. The number of hydrogen-bond donors (Lipinski definition) is 1. The van der Waals surface area contributed by atoms with Crippen molar-refractivity contribution in [1.82, 2.24) is 0 Å². The number of nitrogens with zero attached hydrogens (tertiary/aromatic N) is 1. The van der Waals surface area contributed by atoms with Crippen molar-refractivity contribution in [3.05, 3.63) is 60.2 Å². The van der Waals surface area contributed by atoms with Crippen LogP contribution in [0.25, 0.3) is 0 Å². The van der Waals surface area contributed by atoms with E-state index >= 15 is 0 Å². The minimum atomic E-state index is 0.00467. The second-order valence-corrected chi connectivity index (χ2v) is 6.85. The largest absolute Gasteiger partial charge is 0.374 e. The highest BCUT2D eigenvalue weighted by Crippen LogP contribution is 2.29. The predicted octanol–water partition coefficient (Wildman–Crippen LogP) is 4.45. The lowest BCUT2D eigenvalue weighted by Gasteiger charge is -2.23. The lowest BCUT2D eigenvalue weighted by atomic mass is 9.86. The van der Waals surface area contributed by atoms with Crippen molar-refractivity contribution < 1.29 is 4.79 Å². The Labute approximate surface area is 139 Å². The Morgan fingerprint density at radius 3 is 2.26 bits per heavy atom. The van der Waals surface area contributed by atoms with E-state index in [0.717, 1.165) is 16.9 Å². The number of carbonyl (C=O) groups excluding carboxylic acids is 1. The van der Waals surface area contributed by atoms with Gasteiger partial charge in [-0.1, -0.05) is 57.2 Å². The van der Waals surface area contributed by atoms with Gasteiger partial charge in [-0.05, 0) is 29.2 Å². The Morgan fingerprint density at radius 2 is 1.61 bits per heavy atom. The number of hydrogen-bond acceptors (Lipinski definition) is 2. The third-order valence-electron chi connectivity index (χ3n) is 3.88. The van der Waals surface area contributed by atoms with Gasteiger partial charge in [-0.3, -0.25) is 4.79 Å². The van der Waals surface area contributed by atoms with Gasteiger partial charge in [0, 0.05) is 31.4 Å². The first-order valence-corrected chi connectivity index (χ1v) is 8.03. The monoisotopic (exact) mass is 310 g/mol. The maximum absolute atomic E-state index is 12.3. The van der Waals surface area contributed by atoms with Crippen LogP contribution in [0.3, 0.4) is 0 Å². The molecule has 2 aromatic carbocycles. The lowest BCUT2D eigenvalue weighted by molar-refractivity contribution is -0.116. The van der Waals surface area contributed by atoms with Crippen LogP contribution in [-0.2, 0) is 10.2 Å². The summed E-state index contributed by atoms with van der Waals surface area (Å²) in [5.74, 6) is 0.0458. The van der Waals surface area contributed by atoms with Gasteiger partial charge in [0.05, 0.1) is 0 Å². The fraction of sp³-hybridized carbons (Fsp3) is 0.350. The fourth-order valence-electron chi connectivity index (χ4n) is 2.54. The topological polar surface area (TPSA) is 32.3 Å². The van der Waals surface area contributed by atoms with Crippen molar-refractivity contribution in [2.75, 3.05) is 23.8 Å². The number of benzene rings is 2. The highest BCUT2D eigenvalue weighted by Gasteiger charge is 2.18. The summed E-state index contributed by atoms with van der Waals surface area (Å²) in [5.41, 5.74) is 3.19. The van der Waals surface area contributed by atoms with E-state index in [0.29, 0.717) is 13.0 Å². The van der Waals surface area contributed by atoms with Gasteiger partial charge in [0.2, 0.25) is 5.91 Å². The van der Waals surface area contributed by atoms with Crippen LogP contribution in [0.15, 0.2) is 54.6 Å². The zero-order chi connectivity index (χ0) is 16.9. The number of nitrogens with one attached hydrogen (secondary N) is 1. The van der Waals surface area contributed by atoms with Crippen LogP contribution in [0.4, 0.5) is 11.4 Å². The molecule has 0 aliphatic heterocycles. The fourth-order valence-corrected chi connectivity index (χ4v) is 2.54. The van der Waals surface area contributed by atoms with Gasteiger partial charge in [0.25, 0.3) is 0 Å². The highest BCUT2D eigenvalue weighted by atomic mass is 16.1. The second-order valence-electron chi connectivity index (χ2n) is 6.85. The maximum atomic E-state index is 12.3. The molecule has 23 heavy (non-hydrogen) atoms. The van der Waals surface area contributed by atoms with E-state index in [-0.39, 0.29) is 11.3 Å². The first-order chi connectivity index (χ1) is 10.9. The molecule has 2 aromatic rings. The highest BCUT2D eigenvalue weighted by molar-refractivity contribution is 5.92. The summed E-state index contributed by atoms with van der Waals surface area (Å²) in [6.07, 6.45) is 0.462. The SMILES string of the molecule is CN(CCC(=O)Nc1ccccc1C(C)(C)C)c1ccccc1. The molecule has 0 atom stereocenters. The van der Waals surface area contributed by atoms with Gasteiger partial charge in [0.1, 0.15) is 0 Å². The second kappa shape index (κ2) is 7.32. The third-order valence-corrected chi connectivity index (χ3v) is 3.88. The maximum Gasteiger partial charge on any atom is 0.226 e. The van der Waals surface area contributed by atoms with Crippen LogP contribution in [-0.4, -0.2) is 19.5 Å². The van der Waals surface area contributed by atoms with E-state index in [1.165, 1.54) is 0 Å². The Balaban J connectivity index is 1.96. The molecule has 122 valence electrons. The summed E-state index contributed by atoms with van der Waals surface area (Å²) in [6.45, 7) is 7.15. The number of anilines is 2. The average molecular weight is 310 g/mol. The summed E-state index contributed by atoms with van der Waals surface area (Å²) in [5, 5.41) is 3.06. The van der Waals surface area contributed by atoms with E-state index < -0.39 is 0 Å². The van der Waals surface area contributed by atoms with Crippen LogP contribution in [0.5, 0.6) is 0 Å². The Bertz CT molecular complexity index is 644. The smallest absolute Gasteiger partial charge is 0.226 e. The molecular formula is C20H26N2O. The van der Waals surface area contributed by atoms with Gasteiger partial charge in [-0.2, -0.15) is 0 Å². The van der Waals surface area contributed by atoms with E-state index in [4.69, 9.17) is 0 Å². The molecule has 0 bridgehead atoms. The summed E-state index contributed by atoms with van der Waals surface area (Å²) < 4.78 is 0. The standard InChI is InChI=1S/C20H26N2O/c1-20(2,3)17-12-8-9-13-18(17)21-19(23)14-15-22(4)16-10-6-5-7-11-16/h5-13H,14-15H2,1-4H3,(H,21,23). The minimum absolute atomic E-state index is 0.00467. The molecule has 0 spiro atoms. The molecule has 0 fully saturated rings. The van der Waals surface area contributed by atoms with Crippen molar-refractivity contribution in [1.29, 1.82) is 0 Å². The van der Waals surface area contributed by atoms with Crippen LogP contribution >= 0.6 is 0 Å². The quantitative estimate of drug-likeness (QED) is 0.885. The molecule has 0 heterocycles. The number of amides is 1. The molecule has 1 amide bonds. The first-order valence-electron chi connectivity index (χ1n) is 8.03. The summed E-state index contributed by atoms with van der Waals surface area (Å²) in [7, 11) is 2.01. The van der Waals surface area contributed by atoms with Crippen LogP contribution < -0.4 is 10.2 Å². The third kappa shape index (κ3) is 4.85. The zero-order valence-corrected chi connectivity index (χ0v) is 14.5. The number of rotatable bonds is 5. The average Bonchev–Trinajstić information content (AvgIpc) is 2.53. The molecule has 0 saturated heterocycles. The van der Waals surface area contributed by atoms with Crippen molar-refractivity contribution in [3.63, 3.8) is 0 Å². The molecule has 0 aliphatic rings. The predicted molar refractivity (Wildman–Crippen MR) is 98.1 cm³/mol. The number of carbonyl (C=O) groups is 1. The molecule has 0 radical (unpaired) electrons. The van der Waals surface area contributed by atoms with Gasteiger partial charge in [-0.25, -0.2) is 0 Å². The Hall–Kier alpha value is -2.29. The Morgan fingerprint density at radius 1 is 1.00 bits per heavy atom. The van der Waals surface area contributed by atoms with Gasteiger partial charge >= 0.3 is 0 Å². The summed E-state index contributed by atoms with van der Waals surface area (Å²) in [4.78, 5) is 14.4. The van der Waals surface area contributed by atoms with Crippen LogP contribution in [0, 0.1) is 0 Å². The van der Waals surface area contributed by atoms with Crippen LogP contribution in [0.2, 0.25) is 0 Å². The van der Waals surface area contributed by atoms with Gasteiger partial charge in [0.15, 0.2) is 0 Å². The molecule has 3 heteroatoms. The van der Waals surface area contributed by atoms with Crippen molar-refractivity contribution >= 4 is 17.3 Å². The normalized spacial score (nSPS) is 11.1. The van der Waals surface area contributed by atoms with Crippen LogP contribution in [0.1, 0.15) is 32.8 Å². The van der Waals surface area contributed by atoms with Gasteiger partial charge < -0.3 is 10.2 Å². The van der Waals surface area contributed by atoms with E-state index in [2.05, 4.69) is 37.1 Å². The Kier molecular flexibility index (Phi) is 5.43. The van der Waals surface area contributed by atoms with E-state index in [1.807, 2.05) is 55.6 Å². The lowest BCUT2D eigenvalue weighted by Crippen LogP contribution is -2.25. The summed E-state index contributed by atoms with van der Waals surface area (Å²) in [6, 6.07) is 18.1. The van der Waals surface area contributed by atoms with Crippen molar-refractivity contribution in [3.8, 4) is 0 Å². The molecule has 0 aliphatic carbocycles.